The van der Waals surface area contributed by atoms with Crippen LogP contribution < -0.4 is 16.0 Å². The number of carbonyl (C=O) groups excluding carboxylic acids is 2. The van der Waals surface area contributed by atoms with E-state index in [1.54, 1.807) is 48.8 Å². The number of hydrogen-bond donors (Lipinski definition) is 4. The van der Waals surface area contributed by atoms with E-state index in [9.17, 15) is 9.59 Å². The lowest BCUT2D eigenvalue weighted by atomic mass is 9.99. The van der Waals surface area contributed by atoms with E-state index in [1.165, 1.54) is 0 Å². The van der Waals surface area contributed by atoms with E-state index in [2.05, 4.69) is 25.9 Å². The molecule has 28 heavy (non-hydrogen) atoms. The largest absolute Gasteiger partial charge is 0.352 e. The molecule has 0 saturated carbocycles. The molecule has 1 atom stereocenters. The number of nitrogens with zero attached hydrogens (tertiary/aromatic N) is 1. The van der Waals surface area contributed by atoms with Crippen molar-refractivity contribution in [3.05, 3.63) is 59.9 Å². The van der Waals surface area contributed by atoms with Gasteiger partial charge < -0.3 is 20.9 Å². The third-order valence-corrected chi connectivity index (χ3v) is 5.02. The third kappa shape index (κ3) is 4.20. The Hall–Kier alpha value is -3.19. The van der Waals surface area contributed by atoms with Gasteiger partial charge in [-0.1, -0.05) is 6.07 Å². The number of imidazole rings is 1. The molecule has 3 aromatic rings. The lowest BCUT2D eigenvalue weighted by molar-refractivity contribution is 0.0943. The summed E-state index contributed by atoms with van der Waals surface area (Å²) < 4.78 is 0. The number of H-pyrrole nitrogens is 1. The van der Waals surface area contributed by atoms with Crippen LogP contribution in [-0.2, 0) is 0 Å². The van der Waals surface area contributed by atoms with E-state index in [-0.39, 0.29) is 11.8 Å². The molecule has 2 heterocycles. The van der Waals surface area contributed by atoms with Gasteiger partial charge in [0, 0.05) is 23.4 Å². The van der Waals surface area contributed by atoms with Crippen LogP contribution in [0.3, 0.4) is 0 Å². The Bertz CT molecular complexity index is 991. The molecule has 1 unspecified atom stereocenters. The van der Waals surface area contributed by atoms with Crippen LogP contribution in [-0.4, -0.2) is 41.4 Å². The van der Waals surface area contributed by atoms with Crippen molar-refractivity contribution >= 4 is 28.5 Å². The minimum absolute atomic E-state index is 0.124. The predicted molar refractivity (Wildman–Crippen MR) is 108 cm³/mol. The molecule has 0 radical (unpaired) electrons. The molecule has 0 bridgehead atoms. The van der Waals surface area contributed by atoms with Crippen molar-refractivity contribution in [1.82, 2.24) is 20.6 Å². The summed E-state index contributed by atoms with van der Waals surface area (Å²) in [5.74, 6) is 0.112. The Kier molecular flexibility index (Phi) is 5.34. The fourth-order valence-electron chi connectivity index (χ4n) is 3.46. The van der Waals surface area contributed by atoms with Gasteiger partial charge in [-0.15, -0.1) is 0 Å². The quantitative estimate of drug-likeness (QED) is 0.549. The molecule has 7 nitrogen and oxygen atoms in total. The minimum atomic E-state index is -0.234. The summed E-state index contributed by atoms with van der Waals surface area (Å²) in [5.41, 5.74) is 3.25. The van der Waals surface area contributed by atoms with E-state index < -0.39 is 0 Å². The molecule has 1 fully saturated rings. The van der Waals surface area contributed by atoms with Crippen molar-refractivity contribution in [1.29, 1.82) is 0 Å². The Labute approximate surface area is 162 Å². The summed E-state index contributed by atoms with van der Waals surface area (Å²) >= 11 is 0. The topological polar surface area (TPSA) is 98.9 Å². The zero-order valence-electron chi connectivity index (χ0n) is 15.5. The van der Waals surface area contributed by atoms with E-state index in [4.69, 9.17) is 0 Å². The number of aromatic amines is 1. The predicted octanol–water partition coefficient (Wildman–Crippen LogP) is 2.54. The van der Waals surface area contributed by atoms with Crippen molar-refractivity contribution in [3.8, 4) is 0 Å². The number of hydrogen-bond acceptors (Lipinski definition) is 4. The first-order valence-corrected chi connectivity index (χ1v) is 9.52. The smallest absolute Gasteiger partial charge is 0.255 e. The highest BCUT2D eigenvalue weighted by Crippen LogP contribution is 2.16. The first kappa shape index (κ1) is 18.2. The number of nitrogens with one attached hydrogen (secondary N) is 4. The van der Waals surface area contributed by atoms with Gasteiger partial charge in [-0.25, -0.2) is 4.98 Å². The van der Waals surface area contributed by atoms with Gasteiger partial charge in [-0.05, 0) is 68.2 Å². The number of benzene rings is 2. The van der Waals surface area contributed by atoms with Gasteiger partial charge in [0.05, 0.1) is 17.4 Å². The van der Waals surface area contributed by atoms with Crippen LogP contribution >= 0.6 is 0 Å². The van der Waals surface area contributed by atoms with Crippen LogP contribution in [0.5, 0.6) is 0 Å². The van der Waals surface area contributed by atoms with Gasteiger partial charge in [0.15, 0.2) is 0 Å². The third-order valence-electron chi connectivity index (χ3n) is 5.02. The van der Waals surface area contributed by atoms with Gasteiger partial charge in [-0.2, -0.15) is 0 Å². The summed E-state index contributed by atoms with van der Waals surface area (Å²) in [6, 6.07) is 12.3. The number of rotatable bonds is 5. The highest BCUT2D eigenvalue weighted by atomic mass is 16.2. The van der Waals surface area contributed by atoms with Gasteiger partial charge in [-0.3, -0.25) is 9.59 Å². The van der Waals surface area contributed by atoms with Gasteiger partial charge in [0.1, 0.15) is 0 Å². The first-order chi connectivity index (χ1) is 13.7. The zero-order valence-corrected chi connectivity index (χ0v) is 15.5. The lowest BCUT2D eigenvalue weighted by Gasteiger charge is -2.22. The molecule has 7 heteroatoms. The monoisotopic (exact) mass is 377 g/mol. The number of amides is 2. The van der Waals surface area contributed by atoms with Crippen molar-refractivity contribution in [2.75, 3.05) is 25.0 Å². The highest BCUT2D eigenvalue weighted by Gasteiger charge is 2.15. The first-order valence-electron chi connectivity index (χ1n) is 9.52. The van der Waals surface area contributed by atoms with Crippen LogP contribution in [0.15, 0.2) is 48.8 Å². The molecule has 0 spiro atoms. The van der Waals surface area contributed by atoms with Crippen LogP contribution in [0.1, 0.15) is 33.6 Å². The van der Waals surface area contributed by atoms with Gasteiger partial charge in [0.25, 0.3) is 11.8 Å². The lowest BCUT2D eigenvalue weighted by Crippen LogP contribution is -2.38. The maximum absolute atomic E-state index is 12.5. The summed E-state index contributed by atoms with van der Waals surface area (Å²) in [4.78, 5) is 32.1. The second-order valence-electron chi connectivity index (χ2n) is 7.09. The van der Waals surface area contributed by atoms with Crippen LogP contribution in [0.25, 0.3) is 11.0 Å². The number of anilines is 1. The van der Waals surface area contributed by atoms with E-state index in [0.29, 0.717) is 29.3 Å². The molecule has 1 aliphatic heterocycles. The molecule has 1 saturated heterocycles. The maximum atomic E-state index is 12.5. The van der Waals surface area contributed by atoms with E-state index in [1.807, 2.05) is 0 Å². The Balaban J connectivity index is 1.39. The summed E-state index contributed by atoms with van der Waals surface area (Å²) in [5, 5.41) is 9.20. The maximum Gasteiger partial charge on any atom is 0.255 e. The van der Waals surface area contributed by atoms with Gasteiger partial charge >= 0.3 is 0 Å². The SMILES string of the molecule is O=C(NCC1CCCNC1)c1cccc(NC(=O)c2ccc3nc[nH]c3c2)c1. The van der Waals surface area contributed by atoms with Crippen LogP contribution in [0, 0.1) is 5.92 Å². The standard InChI is InChI=1S/C21H23N5O2/c27-20(23-12-14-3-2-8-22-11-14)15-4-1-5-17(9-15)26-21(28)16-6-7-18-19(10-16)25-13-24-18/h1,4-7,9-10,13-14,22H,2-3,8,11-12H2,(H,23,27)(H,24,25)(H,26,28). The van der Waals surface area contributed by atoms with Crippen molar-refractivity contribution in [2.45, 2.75) is 12.8 Å². The second-order valence-corrected chi connectivity index (χ2v) is 7.09. The second kappa shape index (κ2) is 8.22. The van der Waals surface area contributed by atoms with Crippen LogP contribution in [0.4, 0.5) is 5.69 Å². The molecular weight excluding hydrogens is 354 g/mol. The minimum Gasteiger partial charge on any atom is -0.352 e. The molecule has 4 N–H and O–H groups in total. The van der Waals surface area contributed by atoms with Crippen LogP contribution in [0.2, 0.25) is 0 Å². The fourth-order valence-corrected chi connectivity index (χ4v) is 3.46. The van der Waals surface area contributed by atoms with E-state index >= 15 is 0 Å². The average molecular weight is 377 g/mol. The van der Waals surface area contributed by atoms with Gasteiger partial charge in [0.2, 0.25) is 0 Å². The van der Waals surface area contributed by atoms with Crippen molar-refractivity contribution in [3.63, 3.8) is 0 Å². The van der Waals surface area contributed by atoms with E-state index in [0.717, 1.165) is 37.0 Å². The highest BCUT2D eigenvalue weighted by molar-refractivity contribution is 6.06. The van der Waals surface area contributed by atoms with Crippen molar-refractivity contribution in [2.24, 2.45) is 5.92 Å². The Morgan fingerprint density at radius 3 is 2.86 bits per heavy atom. The summed E-state index contributed by atoms with van der Waals surface area (Å²) in [6.45, 7) is 2.66. The number of carbonyl (C=O) groups is 2. The average Bonchev–Trinajstić information content (AvgIpc) is 3.21. The normalized spacial score (nSPS) is 16.6. The molecule has 2 amide bonds. The number of piperidine rings is 1. The Morgan fingerprint density at radius 2 is 2.00 bits per heavy atom. The molecule has 2 aromatic carbocycles. The fraction of sp³-hybridized carbons (Fsp3) is 0.286. The van der Waals surface area contributed by atoms with Crippen molar-refractivity contribution < 1.29 is 9.59 Å². The summed E-state index contributed by atoms with van der Waals surface area (Å²) in [7, 11) is 0. The molecule has 144 valence electrons. The summed E-state index contributed by atoms with van der Waals surface area (Å²) in [6.07, 6.45) is 3.87. The molecule has 1 aliphatic rings. The zero-order chi connectivity index (χ0) is 19.3. The number of fused-ring (bicyclic) bond motifs is 1. The number of aromatic nitrogens is 2. The molecule has 1 aromatic heterocycles. The molecular formula is C21H23N5O2. The Morgan fingerprint density at radius 1 is 1.11 bits per heavy atom. The molecule has 4 rings (SSSR count). The molecule has 0 aliphatic carbocycles.